The zero-order chi connectivity index (χ0) is 13.8. The van der Waals surface area contributed by atoms with E-state index in [0.29, 0.717) is 6.54 Å². The van der Waals surface area contributed by atoms with E-state index in [1.54, 1.807) is 6.26 Å². The Bertz CT molecular complexity index is 521. The highest BCUT2D eigenvalue weighted by Gasteiger charge is 2.21. The summed E-state index contributed by atoms with van der Waals surface area (Å²) < 4.78 is 6.50. The van der Waals surface area contributed by atoms with Crippen LogP contribution in [0.3, 0.4) is 0 Å². The molecule has 2 rings (SSSR count). The zero-order valence-corrected chi connectivity index (χ0v) is 12.9. The molecule has 19 heavy (non-hydrogen) atoms. The molecule has 0 fully saturated rings. The summed E-state index contributed by atoms with van der Waals surface area (Å²) in [5, 5.41) is 0. The van der Waals surface area contributed by atoms with Crippen molar-refractivity contribution in [3.63, 3.8) is 0 Å². The summed E-state index contributed by atoms with van der Waals surface area (Å²) >= 11 is 3.50. The maximum Gasteiger partial charge on any atom is 0.136 e. The first-order valence-electron chi connectivity index (χ1n) is 6.30. The van der Waals surface area contributed by atoms with Crippen LogP contribution in [0.25, 0.3) is 0 Å². The Labute approximate surface area is 122 Å². The van der Waals surface area contributed by atoms with Crippen LogP contribution in [0.4, 0.5) is 0 Å². The number of nitrogens with zero attached hydrogens (tertiary/aromatic N) is 1. The molecule has 0 aliphatic heterocycles. The molecule has 0 saturated heterocycles. The molecule has 1 heterocycles. The van der Waals surface area contributed by atoms with E-state index in [9.17, 15) is 0 Å². The predicted octanol–water partition coefficient (Wildman–Crippen LogP) is 3.48. The van der Waals surface area contributed by atoms with Crippen molar-refractivity contribution in [1.82, 2.24) is 4.90 Å². The average molecular weight is 323 g/mol. The van der Waals surface area contributed by atoms with E-state index >= 15 is 0 Å². The van der Waals surface area contributed by atoms with Gasteiger partial charge in [-0.25, -0.2) is 0 Å². The second-order valence-electron chi connectivity index (χ2n) is 4.79. The third kappa shape index (κ3) is 3.47. The summed E-state index contributed by atoms with van der Waals surface area (Å²) in [5.41, 5.74) is 8.44. The maximum absolute atomic E-state index is 5.89. The molecule has 1 aromatic heterocycles. The second kappa shape index (κ2) is 6.37. The van der Waals surface area contributed by atoms with Gasteiger partial charge in [0.25, 0.3) is 0 Å². The molecule has 0 saturated carbocycles. The highest BCUT2D eigenvalue weighted by molar-refractivity contribution is 9.10. The lowest BCUT2D eigenvalue weighted by atomic mass is 10.1. The van der Waals surface area contributed by atoms with Gasteiger partial charge in [0.2, 0.25) is 0 Å². The summed E-state index contributed by atoms with van der Waals surface area (Å²) in [5.74, 6) is 0.886. The van der Waals surface area contributed by atoms with Gasteiger partial charge in [0, 0.05) is 13.1 Å². The first-order valence-corrected chi connectivity index (χ1v) is 7.10. The van der Waals surface area contributed by atoms with Crippen molar-refractivity contribution >= 4 is 15.9 Å². The van der Waals surface area contributed by atoms with Gasteiger partial charge in [-0.2, -0.15) is 0 Å². The van der Waals surface area contributed by atoms with Gasteiger partial charge in [-0.1, -0.05) is 29.8 Å². The predicted molar refractivity (Wildman–Crippen MR) is 80.8 cm³/mol. The summed E-state index contributed by atoms with van der Waals surface area (Å²) in [6, 6.07) is 10.5. The normalized spacial score (nSPS) is 12.9. The first-order chi connectivity index (χ1) is 9.11. The average Bonchev–Trinajstić information content (AvgIpc) is 2.80. The van der Waals surface area contributed by atoms with Crippen LogP contribution in [-0.2, 0) is 6.54 Å². The molecule has 0 amide bonds. The SMILES string of the molecule is Cc1ccc(CN(C)C(CN)c2occc2Br)cc1. The van der Waals surface area contributed by atoms with Crippen molar-refractivity contribution in [3.05, 3.63) is 58.0 Å². The van der Waals surface area contributed by atoms with Crippen molar-refractivity contribution in [2.45, 2.75) is 19.5 Å². The molecule has 102 valence electrons. The summed E-state index contributed by atoms with van der Waals surface area (Å²) in [7, 11) is 2.06. The van der Waals surface area contributed by atoms with E-state index in [1.807, 2.05) is 6.07 Å². The van der Waals surface area contributed by atoms with E-state index in [0.717, 1.165) is 16.8 Å². The molecule has 0 spiro atoms. The van der Waals surface area contributed by atoms with Gasteiger partial charge < -0.3 is 10.2 Å². The number of likely N-dealkylation sites (N-methyl/N-ethyl adjacent to an activating group) is 1. The van der Waals surface area contributed by atoms with Crippen LogP contribution in [0, 0.1) is 6.92 Å². The fourth-order valence-electron chi connectivity index (χ4n) is 2.12. The zero-order valence-electron chi connectivity index (χ0n) is 11.3. The highest BCUT2D eigenvalue weighted by atomic mass is 79.9. The molecule has 1 unspecified atom stereocenters. The maximum atomic E-state index is 5.89. The Morgan fingerprint density at radius 2 is 1.95 bits per heavy atom. The van der Waals surface area contributed by atoms with Crippen LogP contribution in [-0.4, -0.2) is 18.5 Å². The molecule has 0 radical (unpaired) electrons. The molecule has 0 aliphatic carbocycles. The molecule has 1 aromatic carbocycles. The standard InChI is InChI=1S/C15H19BrN2O/c1-11-3-5-12(6-4-11)10-18(2)14(9-17)15-13(16)7-8-19-15/h3-8,14H,9-10,17H2,1-2H3. The van der Waals surface area contributed by atoms with Gasteiger partial charge in [0.15, 0.2) is 0 Å². The van der Waals surface area contributed by atoms with Crippen molar-refractivity contribution in [2.75, 3.05) is 13.6 Å². The number of hydrogen-bond donors (Lipinski definition) is 1. The Hall–Kier alpha value is -1.10. The van der Waals surface area contributed by atoms with Gasteiger partial charge >= 0.3 is 0 Å². The Balaban J connectivity index is 2.11. The van der Waals surface area contributed by atoms with Crippen LogP contribution in [0.15, 0.2) is 45.5 Å². The van der Waals surface area contributed by atoms with E-state index in [2.05, 4.69) is 59.1 Å². The lowest BCUT2D eigenvalue weighted by Crippen LogP contribution is -2.30. The number of rotatable bonds is 5. The minimum absolute atomic E-state index is 0.0747. The fourth-order valence-corrected chi connectivity index (χ4v) is 2.59. The van der Waals surface area contributed by atoms with Gasteiger partial charge in [-0.15, -0.1) is 0 Å². The third-order valence-electron chi connectivity index (χ3n) is 3.26. The van der Waals surface area contributed by atoms with Crippen LogP contribution in [0.5, 0.6) is 0 Å². The third-order valence-corrected chi connectivity index (χ3v) is 3.91. The lowest BCUT2D eigenvalue weighted by molar-refractivity contribution is 0.212. The topological polar surface area (TPSA) is 42.4 Å². The fraction of sp³-hybridized carbons (Fsp3) is 0.333. The number of hydrogen-bond acceptors (Lipinski definition) is 3. The monoisotopic (exact) mass is 322 g/mol. The molecule has 3 nitrogen and oxygen atoms in total. The van der Waals surface area contributed by atoms with E-state index in [4.69, 9.17) is 10.2 Å². The van der Waals surface area contributed by atoms with Crippen molar-refractivity contribution in [1.29, 1.82) is 0 Å². The van der Waals surface area contributed by atoms with Crippen molar-refractivity contribution in [2.24, 2.45) is 5.73 Å². The summed E-state index contributed by atoms with van der Waals surface area (Å²) in [6.45, 7) is 3.46. The number of benzene rings is 1. The highest BCUT2D eigenvalue weighted by Crippen LogP contribution is 2.28. The van der Waals surface area contributed by atoms with Gasteiger partial charge in [0.05, 0.1) is 16.8 Å². The summed E-state index contributed by atoms with van der Waals surface area (Å²) in [4.78, 5) is 2.20. The Kier molecular flexibility index (Phi) is 4.80. The molecule has 2 aromatic rings. The second-order valence-corrected chi connectivity index (χ2v) is 5.64. The molecule has 1 atom stereocenters. The van der Waals surface area contributed by atoms with Crippen LogP contribution in [0.2, 0.25) is 0 Å². The minimum Gasteiger partial charge on any atom is -0.466 e. The molecule has 2 N–H and O–H groups in total. The Morgan fingerprint density at radius 3 is 2.47 bits per heavy atom. The van der Waals surface area contributed by atoms with Crippen molar-refractivity contribution in [3.8, 4) is 0 Å². The number of aryl methyl sites for hydroxylation is 1. The lowest BCUT2D eigenvalue weighted by Gasteiger charge is -2.25. The summed E-state index contributed by atoms with van der Waals surface area (Å²) in [6.07, 6.45) is 1.68. The van der Waals surface area contributed by atoms with Crippen LogP contribution >= 0.6 is 15.9 Å². The van der Waals surface area contributed by atoms with Gasteiger partial charge in [0.1, 0.15) is 5.76 Å². The molecular weight excluding hydrogens is 304 g/mol. The van der Waals surface area contributed by atoms with E-state index in [-0.39, 0.29) is 6.04 Å². The molecule has 0 aliphatic rings. The number of halogens is 1. The van der Waals surface area contributed by atoms with Gasteiger partial charge in [-0.3, -0.25) is 4.90 Å². The molecule has 0 bridgehead atoms. The first kappa shape index (κ1) is 14.3. The number of nitrogens with two attached hydrogens (primary N) is 1. The largest absolute Gasteiger partial charge is 0.466 e. The van der Waals surface area contributed by atoms with Crippen LogP contribution in [0.1, 0.15) is 22.9 Å². The smallest absolute Gasteiger partial charge is 0.136 e. The van der Waals surface area contributed by atoms with Crippen LogP contribution < -0.4 is 5.73 Å². The number of furan rings is 1. The minimum atomic E-state index is 0.0747. The van der Waals surface area contributed by atoms with E-state index in [1.165, 1.54) is 11.1 Å². The van der Waals surface area contributed by atoms with Gasteiger partial charge in [-0.05, 0) is 41.5 Å². The quantitative estimate of drug-likeness (QED) is 0.916. The Morgan fingerprint density at radius 1 is 1.26 bits per heavy atom. The molecular formula is C15H19BrN2O. The van der Waals surface area contributed by atoms with Crippen molar-refractivity contribution < 1.29 is 4.42 Å². The van der Waals surface area contributed by atoms with E-state index < -0.39 is 0 Å². The molecule has 4 heteroatoms.